The van der Waals surface area contributed by atoms with Crippen LogP contribution in [0.25, 0.3) is 11.3 Å². The van der Waals surface area contributed by atoms with Gasteiger partial charge < -0.3 is 4.74 Å². The fourth-order valence-electron chi connectivity index (χ4n) is 3.23. The molecule has 1 aliphatic rings. The van der Waals surface area contributed by atoms with E-state index in [0.717, 1.165) is 35.2 Å². The highest BCUT2D eigenvalue weighted by Crippen LogP contribution is 2.30. The Labute approximate surface area is 177 Å². The summed E-state index contributed by atoms with van der Waals surface area (Å²) in [5, 5.41) is 2.72. The first-order chi connectivity index (χ1) is 13.6. The van der Waals surface area contributed by atoms with Crippen LogP contribution in [0.1, 0.15) is 28.8 Å². The highest BCUT2D eigenvalue weighted by molar-refractivity contribution is 9.10. The van der Waals surface area contributed by atoms with E-state index in [1.54, 1.807) is 4.90 Å². The summed E-state index contributed by atoms with van der Waals surface area (Å²) >= 11 is 4.92. The number of ether oxygens (including phenoxy) is 1. The van der Waals surface area contributed by atoms with Gasteiger partial charge in [0.2, 0.25) is 0 Å². The monoisotopic (exact) mass is 456 g/mol. The van der Waals surface area contributed by atoms with Crippen LogP contribution in [-0.4, -0.2) is 30.1 Å². The van der Waals surface area contributed by atoms with E-state index in [9.17, 15) is 4.79 Å². The van der Waals surface area contributed by atoms with Gasteiger partial charge in [-0.15, -0.1) is 11.3 Å². The number of hydrogen-bond donors (Lipinski definition) is 0. The van der Waals surface area contributed by atoms with Gasteiger partial charge in [0, 0.05) is 27.6 Å². The van der Waals surface area contributed by atoms with Crippen molar-refractivity contribution in [1.82, 2.24) is 4.98 Å². The van der Waals surface area contributed by atoms with Gasteiger partial charge in [-0.1, -0.05) is 45.8 Å². The van der Waals surface area contributed by atoms with E-state index in [-0.39, 0.29) is 12.0 Å². The Bertz CT molecular complexity index is 947. The number of carbonyl (C=O) groups is 1. The molecule has 0 bridgehead atoms. The van der Waals surface area contributed by atoms with E-state index in [2.05, 4.69) is 47.1 Å². The van der Waals surface area contributed by atoms with Crippen molar-refractivity contribution >= 4 is 38.3 Å². The third-order valence-electron chi connectivity index (χ3n) is 4.82. The normalized spacial score (nSPS) is 16.3. The number of aromatic nitrogens is 1. The van der Waals surface area contributed by atoms with Gasteiger partial charge in [0.05, 0.1) is 18.3 Å². The van der Waals surface area contributed by atoms with Crippen LogP contribution < -0.4 is 4.90 Å². The molecule has 1 atom stereocenters. The molecule has 28 heavy (non-hydrogen) atoms. The number of nitrogens with zero attached hydrogens (tertiary/aromatic N) is 2. The van der Waals surface area contributed by atoms with Crippen molar-refractivity contribution in [1.29, 1.82) is 0 Å². The fourth-order valence-corrected chi connectivity index (χ4v) is 4.34. The minimum Gasteiger partial charge on any atom is -0.376 e. The largest absolute Gasteiger partial charge is 0.376 e. The summed E-state index contributed by atoms with van der Waals surface area (Å²) in [6, 6.07) is 15.7. The summed E-state index contributed by atoms with van der Waals surface area (Å²) in [6.07, 6.45) is 2.07. The van der Waals surface area contributed by atoms with Crippen LogP contribution in [-0.2, 0) is 4.74 Å². The Morgan fingerprint density at radius 3 is 2.64 bits per heavy atom. The van der Waals surface area contributed by atoms with Gasteiger partial charge in [0.1, 0.15) is 0 Å². The molecular weight excluding hydrogens is 436 g/mol. The molecule has 2 aromatic carbocycles. The third kappa shape index (κ3) is 4.35. The number of hydrogen-bond acceptors (Lipinski definition) is 4. The van der Waals surface area contributed by atoms with Crippen LogP contribution in [0.4, 0.5) is 5.13 Å². The zero-order valence-electron chi connectivity index (χ0n) is 15.6. The average Bonchev–Trinajstić information content (AvgIpc) is 3.39. The lowest BCUT2D eigenvalue weighted by molar-refractivity contribution is 0.0917. The number of rotatable bonds is 5. The van der Waals surface area contributed by atoms with E-state index < -0.39 is 0 Å². The molecule has 1 amide bonds. The molecule has 2 heterocycles. The third-order valence-corrected chi connectivity index (χ3v) is 6.21. The van der Waals surface area contributed by atoms with E-state index in [0.29, 0.717) is 17.2 Å². The molecule has 144 valence electrons. The van der Waals surface area contributed by atoms with Crippen molar-refractivity contribution in [3.63, 3.8) is 0 Å². The van der Waals surface area contributed by atoms with Crippen LogP contribution in [0, 0.1) is 6.92 Å². The van der Waals surface area contributed by atoms with Crippen LogP contribution in [0.2, 0.25) is 0 Å². The van der Waals surface area contributed by atoms with E-state index in [4.69, 9.17) is 9.72 Å². The highest BCUT2D eigenvalue weighted by atomic mass is 79.9. The molecule has 4 rings (SSSR count). The first-order valence-electron chi connectivity index (χ1n) is 9.32. The van der Waals surface area contributed by atoms with Gasteiger partial charge in [0.15, 0.2) is 5.13 Å². The predicted molar refractivity (Wildman–Crippen MR) is 117 cm³/mol. The van der Waals surface area contributed by atoms with Gasteiger partial charge in [-0.2, -0.15) is 0 Å². The van der Waals surface area contributed by atoms with Gasteiger partial charge in [-0.3, -0.25) is 9.69 Å². The first-order valence-corrected chi connectivity index (χ1v) is 11.0. The predicted octanol–water partition coefficient (Wildman–Crippen LogP) is 5.71. The second-order valence-electron chi connectivity index (χ2n) is 6.94. The lowest BCUT2D eigenvalue weighted by Crippen LogP contribution is -2.37. The minimum absolute atomic E-state index is 0.0483. The van der Waals surface area contributed by atoms with Gasteiger partial charge >= 0.3 is 0 Å². The van der Waals surface area contributed by atoms with Crippen LogP contribution in [0.3, 0.4) is 0 Å². The molecule has 1 fully saturated rings. The molecule has 3 aromatic rings. The maximum absolute atomic E-state index is 13.3. The van der Waals surface area contributed by atoms with Crippen LogP contribution >= 0.6 is 27.3 Å². The number of benzene rings is 2. The maximum atomic E-state index is 13.3. The summed E-state index contributed by atoms with van der Waals surface area (Å²) in [5.74, 6) is -0.0483. The molecule has 6 heteroatoms. The van der Waals surface area contributed by atoms with E-state index >= 15 is 0 Å². The summed E-state index contributed by atoms with van der Waals surface area (Å²) in [5.41, 5.74) is 3.81. The Morgan fingerprint density at radius 2 is 1.96 bits per heavy atom. The lowest BCUT2D eigenvalue weighted by Gasteiger charge is -2.23. The van der Waals surface area contributed by atoms with Crippen molar-refractivity contribution in [2.75, 3.05) is 18.1 Å². The average molecular weight is 457 g/mol. The standard InChI is InChI=1S/C22H21BrN2O2S/c1-15-4-6-16(7-5-15)20-14-28-22(24-20)25(13-19-3-2-12-27-19)21(26)17-8-10-18(23)11-9-17/h4-11,14,19H,2-3,12-13H2,1H3/t19-/m1/s1. The van der Waals surface area contributed by atoms with Gasteiger partial charge in [0.25, 0.3) is 5.91 Å². The highest BCUT2D eigenvalue weighted by Gasteiger charge is 2.26. The van der Waals surface area contributed by atoms with Gasteiger partial charge in [-0.25, -0.2) is 4.98 Å². The second-order valence-corrected chi connectivity index (χ2v) is 8.69. The Morgan fingerprint density at radius 1 is 1.21 bits per heavy atom. The van der Waals surface area contributed by atoms with E-state index in [1.165, 1.54) is 16.9 Å². The number of amides is 1. The molecule has 4 nitrogen and oxygen atoms in total. The maximum Gasteiger partial charge on any atom is 0.260 e. The van der Waals surface area contributed by atoms with Crippen LogP contribution in [0.15, 0.2) is 58.4 Å². The molecule has 0 unspecified atom stereocenters. The zero-order valence-corrected chi connectivity index (χ0v) is 18.0. The number of thiazole rings is 1. The number of carbonyl (C=O) groups excluding carboxylic acids is 1. The zero-order chi connectivity index (χ0) is 19.5. The molecule has 0 N–H and O–H groups in total. The quantitative estimate of drug-likeness (QED) is 0.493. The number of halogens is 1. The minimum atomic E-state index is -0.0483. The molecule has 1 aromatic heterocycles. The van der Waals surface area contributed by atoms with Crippen LogP contribution in [0.5, 0.6) is 0 Å². The first kappa shape index (κ1) is 19.3. The topological polar surface area (TPSA) is 42.4 Å². The molecule has 0 radical (unpaired) electrons. The lowest BCUT2D eigenvalue weighted by atomic mass is 10.1. The van der Waals surface area contributed by atoms with Crippen molar-refractivity contribution in [2.24, 2.45) is 0 Å². The van der Waals surface area contributed by atoms with Crippen molar-refractivity contribution in [3.05, 3.63) is 69.5 Å². The molecule has 1 aliphatic heterocycles. The number of anilines is 1. The fraction of sp³-hybridized carbons (Fsp3) is 0.273. The molecular formula is C22H21BrN2O2S. The summed E-state index contributed by atoms with van der Waals surface area (Å²) in [6.45, 7) is 3.35. The second kappa shape index (κ2) is 8.55. The Kier molecular flexibility index (Phi) is 5.90. The van der Waals surface area contributed by atoms with Crippen molar-refractivity contribution < 1.29 is 9.53 Å². The SMILES string of the molecule is Cc1ccc(-c2csc(N(C[C@H]3CCCO3)C(=O)c3ccc(Br)cc3)n2)cc1. The van der Waals surface area contributed by atoms with Crippen molar-refractivity contribution in [3.8, 4) is 11.3 Å². The van der Waals surface area contributed by atoms with Crippen molar-refractivity contribution in [2.45, 2.75) is 25.9 Å². The molecule has 1 saturated heterocycles. The molecule has 0 aliphatic carbocycles. The van der Waals surface area contributed by atoms with Gasteiger partial charge in [-0.05, 0) is 44.0 Å². The summed E-state index contributed by atoms with van der Waals surface area (Å²) < 4.78 is 6.74. The molecule has 0 spiro atoms. The summed E-state index contributed by atoms with van der Waals surface area (Å²) in [7, 11) is 0. The van der Waals surface area contributed by atoms with E-state index in [1.807, 2.05) is 29.6 Å². The number of aryl methyl sites for hydroxylation is 1. The molecule has 0 saturated carbocycles. The smallest absolute Gasteiger partial charge is 0.260 e. The Balaban J connectivity index is 1.64. The summed E-state index contributed by atoms with van der Waals surface area (Å²) in [4.78, 5) is 19.8. The Hall–Kier alpha value is -2.02.